The monoisotopic (exact) mass is 405 g/mol. The Morgan fingerprint density at radius 1 is 0.833 bits per heavy atom. The molecule has 0 spiro atoms. The third-order valence-corrected chi connectivity index (χ3v) is 5.15. The molecule has 0 amide bonds. The van der Waals surface area contributed by atoms with Gasteiger partial charge in [0.05, 0.1) is 6.10 Å². The minimum atomic E-state index is -0.675. The van der Waals surface area contributed by atoms with Crippen LogP contribution >= 0.6 is 0 Å². The SMILES string of the molecule is CC.NC1CCc2cc(OCc3ccccc3)c(OCc3ccccc3)cc2C1O. The van der Waals surface area contributed by atoms with Crippen LogP contribution in [0.5, 0.6) is 11.5 Å². The number of ether oxygens (including phenoxy) is 2. The largest absolute Gasteiger partial charge is 0.485 e. The number of aryl methyl sites for hydroxylation is 1. The fraction of sp³-hybridized carbons (Fsp3) is 0.308. The van der Waals surface area contributed by atoms with Crippen LogP contribution in [0, 0.1) is 0 Å². The number of hydrogen-bond donors (Lipinski definition) is 2. The molecule has 3 aromatic rings. The lowest BCUT2D eigenvalue weighted by Gasteiger charge is -2.28. The number of fused-ring (bicyclic) bond motifs is 1. The van der Waals surface area contributed by atoms with E-state index in [-0.39, 0.29) is 6.04 Å². The summed E-state index contributed by atoms with van der Waals surface area (Å²) in [5, 5.41) is 10.5. The maximum Gasteiger partial charge on any atom is 0.162 e. The summed E-state index contributed by atoms with van der Waals surface area (Å²) in [6, 6.07) is 23.7. The van der Waals surface area contributed by atoms with Crippen molar-refractivity contribution in [2.45, 2.75) is 52.0 Å². The summed E-state index contributed by atoms with van der Waals surface area (Å²) in [6.07, 6.45) is 0.913. The summed E-state index contributed by atoms with van der Waals surface area (Å²) in [6.45, 7) is 4.90. The second-order valence-electron chi connectivity index (χ2n) is 7.19. The summed E-state index contributed by atoms with van der Waals surface area (Å²) in [5.41, 5.74) is 10.1. The summed E-state index contributed by atoms with van der Waals surface area (Å²) >= 11 is 0. The average molecular weight is 406 g/mol. The second kappa shape index (κ2) is 10.8. The van der Waals surface area contributed by atoms with E-state index < -0.39 is 6.10 Å². The topological polar surface area (TPSA) is 64.7 Å². The highest BCUT2D eigenvalue weighted by molar-refractivity contribution is 5.49. The van der Waals surface area contributed by atoms with Gasteiger partial charge in [-0.2, -0.15) is 0 Å². The van der Waals surface area contributed by atoms with Crippen molar-refractivity contribution in [2.75, 3.05) is 0 Å². The smallest absolute Gasteiger partial charge is 0.162 e. The highest BCUT2D eigenvalue weighted by Crippen LogP contribution is 2.38. The molecule has 4 rings (SSSR count). The molecule has 0 saturated heterocycles. The second-order valence-corrected chi connectivity index (χ2v) is 7.19. The van der Waals surface area contributed by atoms with Gasteiger partial charge in [-0.15, -0.1) is 0 Å². The zero-order valence-electron chi connectivity index (χ0n) is 17.8. The normalized spacial score (nSPS) is 17.3. The first kappa shape index (κ1) is 21.9. The molecule has 0 aliphatic heterocycles. The minimum absolute atomic E-state index is 0.245. The van der Waals surface area contributed by atoms with Crippen molar-refractivity contribution in [3.05, 3.63) is 95.1 Å². The molecule has 0 aromatic heterocycles. The molecule has 0 heterocycles. The van der Waals surface area contributed by atoms with E-state index in [0.29, 0.717) is 24.7 Å². The van der Waals surface area contributed by atoms with Crippen molar-refractivity contribution < 1.29 is 14.6 Å². The van der Waals surface area contributed by atoms with Crippen molar-refractivity contribution in [2.24, 2.45) is 5.73 Å². The van der Waals surface area contributed by atoms with Crippen LogP contribution in [0.25, 0.3) is 0 Å². The Labute approximate surface area is 179 Å². The summed E-state index contributed by atoms with van der Waals surface area (Å²) < 4.78 is 12.2. The Morgan fingerprint density at radius 2 is 1.33 bits per heavy atom. The molecule has 2 atom stereocenters. The molecule has 158 valence electrons. The van der Waals surface area contributed by atoms with E-state index in [0.717, 1.165) is 35.1 Å². The Morgan fingerprint density at radius 3 is 1.87 bits per heavy atom. The zero-order chi connectivity index (χ0) is 21.3. The van der Waals surface area contributed by atoms with Crippen molar-refractivity contribution >= 4 is 0 Å². The quantitative estimate of drug-likeness (QED) is 0.593. The van der Waals surface area contributed by atoms with Gasteiger partial charge in [0.1, 0.15) is 13.2 Å². The van der Waals surface area contributed by atoms with Gasteiger partial charge in [-0.3, -0.25) is 0 Å². The molecule has 1 aliphatic carbocycles. The first-order valence-corrected chi connectivity index (χ1v) is 10.6. The average Bonchev–Trinajstić information content (AvgIpc) is 2.81. The molecule has 0 saturated carbocycles. The van der Waals surface area contributed by atoms with Crippen LogP contribution in [-0.4, -0.2) is 11.1 Å². The Bertz CT molecular complexity index is 912. The van der Waals surface area contributed by atoms with Gasteiger partial charge in [0.2, 0.25) is 0 Å². The van der Waals surface area contributed by atoms with Gasteiger partial charge >= 0.3 is 0 Å². The Kier molecular flexibility index (Phi) is 7.89. The number of nitrogens with two attached hydrogens (primary N) is 1. The molecule has 3 aromatic carbocycles. The fourth-order valence-corrected chi connectivity index (χ4v) is 3.52. The molecule has 0 radical (unpaired) electrons. The van der Waals surface area contributed by atoms with Gasteiger partial charge in [0.25, 0.3) is 0 Å². The van der Waals surface area contributed by atoms with Crippen LogP contribution in [-0.2, 0) is 19.6 Å². The van der Waals surface area contributed by atoms with E-state index in [1.54, 1.807) is 0 Å². The van der Waals surface area contributed by atoms with Crippen molar-refractivity contribution in [3.8, 4) is 11.5 Å². The Hall–Kier alpha value is -2.82. The molecule has 3 N–H and O–H groups in total. The van der Waals surface area contributed by atoms with Gasteiger partial charge in [0.15, 0.2) is 11.5 Å². The van der Waals surface area contributed by atoms with E-state index in [1.807, 2.05) is 86.6 Å². The molecular weight excluding hydrogens is 374 g/mol. The van der Waals surface area contributed by atoms with Gasteiger partial charge in [-0.1, -0.05) is 74.5 Å². The number of hydrogen-bond acceptors (Lipinski definition) is 4. The third-order valence-electron chi connectivity index (χ3n) is 5.15. The predicted molar refractivity (Wildman–Crippen MR) is 121 cm³/mol. The standard InChI is InChI=1S/C24H25NO3.C2H6/c25-21-12-11-19-13-22(27-15-17-7-3-1-4-8-17)23(14-20(19)24(21)26)28-16-18-9-5-2-6-10-18;1-2/h1-10,13-14,21,24,26H,11-12,15-16,25H2;1-2H3. The predicted octanol–water partition coefficient (Wildman–Crippen LogP) is 5.18. The van der Waals surface area contributed by atoms with E-state index >= 15 is 0 Å². The molecule has 30 heavy (non-hydrogen) atoms. The summed E-state index contributed by atoms with van der Waals surface area (Å²) in [4.78, 5) is 0. The molecule has 4 heteroatoms. The highest BCUT2D eigenvalue weighted by Gasteiger charge is 2.27. The number of aliphatic hydroxyl groups excluding tert-OH is 1. The van der Waals surface area contributed by atoms with Crippen LogP contribution in [0.1, 0.15) is 48.6 Å². The maximum atomic E-state index is 10.5. The molecule has 0 bridgehead atoms. The van der Waals surface area contributed by atoms with Gasteiger partial charge < -0.3 is 20.3 Å². The van der Waals surface area contributed by atoms with E-state index in [1.165, 1.54) is 0 Å². The molecule has 0 fully saturated rings. The van der Waals surface area contributed by atoms with Gasteiger partial charge in [0, 0.05) is 6.04 Å². The first-order chi connectivity index (χ1) is 14.7. The lowest BCUT2D eigenvalue weighted by Crippen LogP contribution is -2.33. The van der Waals surface area contributed by atoms with Crippen LogP contribution in [0.15, 0.2) is 72.8 Å². The van der Waals surface area contributed by atoms with Gasteiger partial charge in [-0.05, 0) is 47.2 Å². The highest BCUT2D eigenvalue weighted by atomic mass is 16.5. The Balaban J connectivity index is 0.00000124. The van der Waals surface area contributed by atoms with Crippen molar-refractivity contribution in [1.82, 2.24) is 0 Å². The van der Waals surface area contributed by atoms with E-state index in [2.05, 4.69) is 0 Å². The van der Waals surface area contributed by atoms with Crippen molar-refractivity contribution in [3.63, 3.8) is 0 Å². The molecule has 2 unspecified atom stereocenters. The number of benzene rings is 3. The van der Waals surface area contributed by atoms with Crippen LogP contribution in [0.4, 0.5) is 0 Å². The number of rotatable bonds is 6. The number of aliphatic hydroxyl groups is 1. The van der Waals surface area contributed by atoms with Crippen LogP contribution in [0.2, 0.25) is 0 Å². The molecule has 1 aliphatic rings. The lowest BCUT2D eigenvalue weighted by molar-refractivity contribution is 0.133. The zero-order valence-corrected chi connectivity index (χ0v) is 17.8. The molecular formula is C26H31NO3. The van der Waals surface area contributed by atoms with Crippen LogP contribution < -0.4 is 15.2 Å². The van der Waals surface area contributed by atoms with E-state index in [9.17, 15) is 5.11 Å². The van der Waals surface area contributed by atoms with Gasteiger partial charge in [-0.25, -0.2) is 0 Å². The summed E-state index contributed by atoms with van der Waals surface area (Å²) in [5.74, 6) is 1.33. The first-order valence-electron chi connectivity index (χ1n) is 10.6. The van der Waals surface area contributed by atoms with Crippen molar-refractivity contribution in [1.29, 1.82) is 0 Å². The van der Waals surface area contributed by atoms with Crippen LogP contribution in [0.3, 0.4) is 0 Å². The van der Waals surface area contributed by atoms with E-state index in [4.69, 9.17) is 15.2 Å². The summed E-state index contributed by atoms with van der Waals surface area (Å²) in [7, 11) is 0. The fourth-order valence-electron chi connectivity index (χ4n) is 3.52. The maximum absolute atomic E-state index is 10.5. The third kappa shape index (κ3) is 5.41. The lowest BCUT2D eigenvalue weighted by atomic mass is 9.86. The molecule has 4 nitrogen and oxygen atoms in total. The minimum Gasteiger partial charge on any atom is -0.485 e.